The van der Waals surface area contributed by atoms with E-state index in [0.717, 1.165) is 37.3 Å². The van der Waals surface area contributed by atoms with Crippen molar-refractivity contribution < 1.29 is 13.2 Å². The molecule has 0 fully saturated rings. The van der Waals surface area contributed by atoms with Crippen LogP contribution in [0.15, 0.2) is 18.2 Å². The first-order valence-corrected chi connectivity index (χ1v) is 6.79. The van der Waals surface area contributed by atoms with E-state index >= 15 is 0 Å². The van der Waals surface area contributed by atoms with E-state index < -0.39 is 11.7 Å². The van der Waals surface area contributed by atoms with Gasteiger partial charge < -0.3 is 5.73 Å². The van der Waals surface area contributed by atoms with Crippen molar-refractivity contribution in [3.05, 3.63) is 34.9 Å². The average molecular weight is 273 g/mol. The molecule has 0 radical (unpaired) electrons. The van der Waals surface area contributed by atoms with E-state index in [-0.39, 0.29) is 6.04 Å². The Morgan fingerprint density at radius 1 is 1.16 bits per heavy atom. The predicted octanol–water partition coefficient (Wildman–Crippen LogP) is 4.98. The van der Waals surface area contributed by atoms with Gasteiger partial charge in [0.15, 0.2) is 0 Å². The molecular weight excluding hydrogens is 251 g/mol. The van der Waals surface area contributed by atoms with E-state index in [2.05, 4.69) is 6.92 Å². The van der Waals surface area contributed by atoms with Gasteiger partial charge in [0, 0.05) is 6.04 Å². The van der Waals surface area contributed by atoms with Crippen LogP contribution in [-0.2, 0) is 6.18 Å². The summed E-state index contributed by atoms with van der Waals surface area (Å²) in [5.41, 5.74) is 6.90. The molecule has 0 aliphatic carbocycles. The van der Waals surface area contributed by atoms with Crippen LogP contribution in [-0.4, -0.2) is 0 Å². The van der Waals surface area contributed by atoms with Crippen LogP contribution >= 0.6 is 0 Å². The largest absolute Gasteiger partial charge is 0.416 e. The summed E-state index contributed by atoms with van der Waals surface area (Å²) in [6.45, 7) is 3.83. The first-order chi connectivity index (χ1) is 8.86. The standard InChI is InChI=1S/C15H22F3N/c1-3-4-5-6-7-14(19)13-9-8-12(10-11(13)2)15(16,17)18/h8-10,14H,3-7,19H2,1-2H3. The molecule has 1 aromatic carbocycles. The molecule has 0 aromatic heterocycles. The van der Waals surface area contributed by atoms with Crippen molar-refractivity contribution in [3.8, 4) is 0 Å². The van der Waals surface area contributed by atoms with Crippen molar-refractivity contribution in [2.45, 2.75) is 58.2 Å². The number of rotatable bonds is 6. The molecule has 2 N–H and O–H groups in total. The first-order valence-electron chi connectivity index (χ1n) is 6.79. The molecule has 1 nitrogen and oxygen atoms in total. The predicted molar refractivity (Wildman–Crippen MR) is 71.9 cm³/mol. The SMILES string of the molecule is CCCCCCC(N)c1ccc(C(F)(F)F)cc1C. The van der Waals surface area contributed by atoms with Gasteiger partial charge in [0.2, 0.25) is 0 Å². The Labute approximate surface area is 113 Å². The summed E-state index contributed by atoms with van der Waals surface area (Å²) in [5, 5.41) is 0. The third-order valence-corrected chi connectivity index (χ3v) is 3.37. The minimum Gasteiger partial charge on any atom is -0.324 e. The zero-order valence-electron chi connectivity index (χ0n) is 11.6. The van der Waals surface area contributed by atoms with Crippen molar-refractivity contribution in [1.82, 2.24) is 0 Å². The Morgan fingerprint density at radius 3 is 2.37 bits per heavy atom. The smallest absolute Gasteiger partial charge is 0.324 e. The van der Waals surface area contributed by atoms with Gasteiger partial charge in [-0.1, -0.05) is 38.7 Å². The van der Waals surface area contributed by atoms with E-state index in [1.807, 2.05) is 0 Å². The van der Waals surface area contributed by atoms with E-state index in [4.69, 9.17) is 5.73 Å². The van der Waals surface area contributed by atoms with Gasteiger partial charge in [-0.05, 0) is 36.6 Å². The summed E-state index contributed by atoms with van der Waals surface area (Å²) >= 11 is 0. The van der Waals surface area contributed by atoms with Gasteiger partial charge in [-0.15, -0.1) is 0 Å². The zero-order chi connectivity index (χ0) is 14.5. The molecule has 1 atom stereocenters. The second-order valence-corrected chi connectivity index (χ2v) is 5.02. The van der Waals surface area contributed by atoms with Gasteiger partial charge in [-0.25, -0.2) is 0 Å². The molecule has 0 saturated heterocycles. The summed E-state index contributed by atoms with van der Waals surface area (Å²) < 4.78 is 37.7. The summed E-state index contributed by atoms with van der Waals surface area (Å²) in [6, 6.07) is 3.65. The topological polar surface area (TPSA) is 26.0 Å². The molecule has 1 unspecified atom stereocenters. The number of hydrogen-bond donors (Lipinski definition) is 1. The summed E-state index contributed by atoms with van der Waals surface area (Å²) in [5.74, 6) is 0. The summed E-state index contributed by atoms with van der Waals surface area (Å²) in [7, 11) is 0. The first kappa shape index (κ1) is 16.0. The maximum Gasteiger partial charge on any atom is 0.416 e. The maximum atomic E-state index is 12.6. The second-order valence-electron chi connectivity index (χ2n) is 5.02. The van der Waals surface area contributed by atoms with E-state index in [9.17, 15) is 13.2 Å². The number of nitrogens with two attached hydrogens (primary N) is 1. The fourth-order valence-corrected chi connectivity index (χ4v) is 2.21. The van der Waals surface area contributed by atoms with Gasteiger partial charge in [-0.3, -0.25) is 0 Å². The van der Waals surface area contributed by atoms with E-state index in [1.54, 1.807) is 6.92 Å². The highest BCUT2D eigenvalue weighted by Crippen LogP contribution is 2.32. The van der Waals surface area contributed by atoms with Gasteiger partial charge in [0.1, 0.15) is 0 Å². The average Bonchev–Trinajstić information content (AvgIpc) is 2.33. The molecule has 0 aliphatic heterocycles. The number of hydrogen-bond acceptors (Lipinski definition) is 1. The third kappa shape index (κ3) is 4.86. The highest BCUT2D eigenvalue weighted by atomic mass is 19.4. The van der Waals surface area contributed by atoms with E-state index in [0.29, 0.717) is 5.56 Å². The van der Waals surface area contributed by atoms with Gasteiger partial charge in [0.05, 0.1) is 5.56 Å². The lowest BCUT2D eigenvalue weighted by atomic mass is 9.95. The zero-order valence-corrected chi connectivity index (χ0v) is 11.6. The summed E-state index contributed by atoms with van der Waals surface area (Å²) in [6.07, 6.45) is 1.04. The molecule has 0 saturated carbocycles. The second kappa shape index (κ2) is 6.94. The molecule has 0 heterocycles. The number of alkyl halides is 3. The van der Waals surface area contributed by atoms with Gasteiger partial charge in [0.25, 0.3) is 0 Å². The number of halogens is 3. The molecule has 1 aromatic rings. The Bertz CT molecular complexity index is 399. The highest BCUT2D eigenvalue weighted by Gasteiger charge is 2.30. The molecule has 0 spiro atoms. The Kier molecular flexibility index (Phi) is 5.85. The Hall–Kier alpha value is -1.03. The quantitative estimate of drug-likeness (QED) is 0.726. The van der Waals surface area contributed by atoms with Crippen LogP contribution in [0.4, 0.5) is 13.2 Å². The highest BCUT2D eigenvalue weighted by molar-refractivity contribution is 5.34. The lowest BCUT2D eigenvalue weighted by Gasteiger charge is -2.16. The molecule has 0 bridgehead atoms. The molecule has 0 aliphatic rings. The number of benzene rings is 1. The lowest BCUT2D eigenvalue weighted by Crippen LogP contribution is -2.13. The molecule has 0 amide bonds. The fourth-order valence-electron chi connectivity index (χ4n) is 2.21. The van der Waals surface area contributed by atoms with Crippen molar-refractivity contribution >= 4 is 0 Å². The van der Waals surface area contributed by atoms with Crippen LogP contribution in [0.25, 0.3) is 0 Å². The normalized spacial score (nSPS) is 13.6. The fraction of sp³-hybridized carbons (Fsp3) is 0.600. The molecule has 1 rings (SSSR count). The van der Waals surface area contributed by atoms with Crippen molar-refractivity contribution in [1.29, 1.82) is 0 Å². The number of aryl methyl sites for hydroxylation is 1. The van der Waals surface area contributed by atoms with Gasteiger partial charge >= 0.3 is 6.18 Å². The van der Waals surface area contributed by atoms with Crippen LogP contribution < -0.4 is 5.73 Å². The van der Waals surface area contributed by atoms with Crippen LogP contribution in [0.1, 0.15) is 61.8 Å². The van der Waals surface area contributed by atoms with Crippen molar-refractivity contribution in [2.75, 3.05) is 0 Å². The van der Waals surface area contributed by atoms with Gasteiger partial charge in [-0.2, -0.15) is 13.2 Å². The van der Waals surface area contributed by atoms with E-state index in [1.165, 1.54) is 18.6 Å². The minimum atomic E-state index is -4.28. The Balaban J connectivity index is 2.68. The molecule has 4 heteroatoms. The third-order valence-electron chi connectivity index (χ3n) is 3.37. The molecular formula is C15H22F3N. The Morgan fingerprint density at radius 2 is 1.84 bits per heavy atom. The summed E-state index contributed by atoms with van der Waals surface area (Å²) in [4.78, 5) is 0. The number of unbranched alkanes of at least 4 members (excludes halogenated alkanes) is 3. The minimum absolute atomic E-state index is 0.167. The van der Waals surface area contributed by atoms with Crippen LogP contribution in [0, 0.1) is 6.92 Å². The van der Waals surface area contributed by atoms with Crippen LogP contribution in [0.2, 0.25) is 0 Å². The van der Waals surface area contributed by atoms with Crippen molar-refractivity contribution in [3.63, 3.8) is 0 Å². The maximum absolute atomic E-state index is 12.6. The molecule has 19 heavy (non-hydrogen) atoms. The van der Waals surface area contributed by atoms with Crippen LogP contribution in [0.3, 0.4) is 0 Å². The lowest BCUT2D eigenvalue weighted by molar-refractivity contribution is -0.137. The van der Waals surface area contributed by atoms with Crippen LogP contribution in [0.5, 0.6) is 0 Å². The van der Waals surface area contributed by atoms with Crippen molar-refractivity contribution in [2.24, 2.45) is 5.73 Å². The molecule has 108 valence electrons. The monoisotopic (exact) mass is 273 g/mol.